The van der Waals surface area contributed by atoms with Crippen LogP contribution in [0.4, 0.5) is 4.79 Å². The lowest BCUT2D eigenvalue weighted by molar-refractivity contribution is 0.0526. The number of amides is 2. The summed E-state index contributed by atoms with van der Waals surface area (Å²) in [6, 6.07) is 18.4. The van der Waals surface area contributed by atoms with Crippen molar-refractivity contribution in [1.29, 1.82) is 5.41 Å². The van der Waals surface area contributed by atoms with Crippen molar-refractivity contribution in [2.75, 3.05) is 32.8 Å². The van der Waals surface area contributed by atoms with Gasteiger partial charge >= 0.3 is 12.1 Å². The number of hydrogen-bond donors (Lipinski definition) is 3. The molecule has 2 amide bonds. The monoisotopic (exact) mass is 546 g/mol. The smallest absolute Gasteiger partial charge is 0.407 e. The van der Waals surface area contributed by atoms with E-state index in [0.29, 0.717) is 40.5 Å². The SMILES string of the molecule is CCOC(=O)c1ccc(COc2cc(Oc3ccc(C(=N)N)cc3)cc(C(=O)N3CCN(C(=O)O)CC3)c2)cc1. The molecule has 0 aromatic heterocycles. The van der Waals surface area contributed by atoms with Crippen molar-refractivity contribution >= 4 is 23.8 Å². The number of carbonyl (C=O) groups excluding carboxylic acids is 2. The molecule has 1 saturated heterocycles. The van der Waals surface area contributed by atoms with Gasteiger partial charge in [-0.3, -0.25) is 10.2 Å². The fourth-order valence-corrected chi connectivity index (χ4v) is 4.08. The van der Waals surface area contributed by atoms with Gasteiger partial charge in [-0.25, -0.2) is 9.59 Å². The van der Waals surface area contributed by atoms with Gasteiger partial charge in [0.1, 0.15) is 29.7 Å². The van der Waals surface area contributed by atoms with E-state index in [1.54, 1.807) is 78.6 Å². The Morgan fingerprint density at radius 2 is 1.43 bits per heavy atom. The summed E-state index contributed by atoms with van der Waals surface area (Å²) in [6.07, 6.45) is -1.01. The normalized spacial score (nSPS) is 12.9. The number of amidine groups is 1. The molecule has 0 atom stereocenters. The summed E-state index contributed by atoms with van der Waals surface area (Å²) >= 11 is 0. The van der Waals surface area contributed by atoms with E-state index in [9.17, 15) is 19.5 Å². The van der Waals surface area contributed by atoms with Crippen LogP contribution in [-0.2, 0) is 11.3 Å². The number of nitrogens with one attached hydrogen (secondary N) is 1. The number of hydrogen-bond acceptors (Lipinski definition) is 7. The maximum Gasteiger partial charge on any atom is 0.407 e. The number of nitrogens with two attached hydrogens (primary N) is 1. The molecule has 0 radical (unpaired) electrons. The molecular formula is C29H30N4O7. The molecule has 1 heterocycles. The van der Waals surface area contributed by atoms with Gasteiger partial charge in [-0.2, -0.15) is 0 Å². The summed E-state index contributed by atoms with van der Waals surface area (Å²) in [5, 5.41) is 16.8. The third-order valence-corrected chi connectivity index (χ3v) is 6.24. The maximum absolute atomic E-state index is 13.3. The summed E-state index contributed by atoms with van der Waals surface area (Å²) in [5.74, 6) is 0.492. The zero-order chi connectivity index (χ0) is 28.6. The predicted molar refractivity (Wildman–Crippen MR) is 146 cm³/mol. The largest absolute Gasteiger partial charge is 0.489 e. The standard InChI is InChI=1S/C29H30N4O7/c1-2-38-28(35)21-5-3-19(4-6-21)18-39-24-15-22(27(34)32-11-13-33(14-12-32)29(36)37)16-25(17-24)40-23-9-7-20(8-10-23)26(30)31/h3-10,15-17H,2,11-14,18H2,1H3,(H3,30,31)(H,36,37). The van der Waals surface area contributed by atoms with E-state index >= 15 is 0 Å². The highest BCUT2D eigenvalue weighted by Gasteiger charge is 2.25. The van der Waals surface area contributed by atoms with Crippen molar-refractivity contribution in [3.8, 4) is 17.2 Å². The van der Waals surface area contributed by atoms with Gasteiger partial charge in [0.15, 0.2) is 0 Å². The number of carboxylic acid groups (broad SMARTS) is 1. The Bertz CT molecular complexity index is 1380. The van der Waals surface area contributed by atoms with E-state index in [1.165, 1.54) is 4.90 Å². The van der Waals surface area contributed by atoms with Crippen LogP contribution in [0.1, 0.15) is 38.8 Å². The number of nitrogen functional groups attached to an aromatic ring is 1. The number of benzene rings is 3. The van der Waals surface area contributed by atoms with Crippen LogP contribution >= 0.6 is 0 Å². The van der Waals surface area contributed by atoms with Crippen LogP contribution < -0.4 is 15.2 Å². The fourth-order valence-electron chi connectivity index (χ4n) is 4.08. The average Bonchev–Trinajstić information content (AvgIpc) is 2.96. The molecule has 208 valence electrons. The fraction of sp³-hybridized carbons (Fsp3) is 0.241. The molecule has 40 heavy (non-hydrogen) atoms. The Morgan fingerprint density at radius 1 is 0.825 bits per heavy atom. The summed E-state index contributed by atoms with van der Waals surface area (Å²) in [5.41, 5.74) is 7.65. The second-order valence-corrected chi connectivity index (χ2v) is 9.00. The van der Waals surface area contributed by atoms with Gasteiger partial charge in [0.2, 0.25) is 0 Å². The minimum Gasteiger partial charge on any atom is -0.489 e. The van der Waals surface area contributed by atoms with Crippen LogP contribution in [0.15, 0.2) is 66.7 Å². The van der Waals surface area contributed by atoms with Gasteiger partial charge in [-0.1, -0.05) is 12.1 Å². The van der Waals surface area contributed by atoms with Crippen molar-refractivity contribution in [2.45, 2.75) is 13.5 Å². The van der Waals surface area contributed by atoms with E-state index in [0.717, 1.165) is 5.56 Å². The summed E-state index contributed by atoms with van der Waals surface area (Å²) in [7, 11) is 0. The second kappa shape index (κ2) is 12.7. The van der Waals surface area contributed by atoms with E-state index in [4.69, 9.17) is 25.4 Å². The van der Waals surface area contributed by atoms with Gasteiger partial charge in [-0.05, 0) is 61.0 Å². The zero-order valence-corrected chi connectivity index (χ0v) is 22.0. The molecule has 0 saturated carbocycles. The van der Waals surface area contributed by atoms with Crippen molar-refractivity contribution in [1.82, 2.24) is 9.80 Å². The Labute approximate surface area is 231 Å². The molecule has 1 aliphatic rings. The lowest BCUT2D eigenvalue weighted by atomic mass is 10.1. The highest BCUT2D eigenvalue weighted by atomic mass is 16.5. The number of nitrogens with zero attached hydrogens (tertiary/aromatic N) is 2. The lowest BCUT2D eigenvalue weighted by Crippen LogP contribution is -2.50. The number of piperazine rings is 1. The van der Waals surface area contributed by atoms with Crippen molar-refractivity contribution in [2.24, 2.45) is 5.73 Å². The minimum absolute atomic E-state index is 0.0619. The van der Waals surface area contributed by atoms with Crippen LogP contribution in [0.25, 0.3) is 0 Å². The first-order chi connectivity index (χ1) is 19.2. The van der Waals surface area contributed by atoms with Crippen molar-refractivity contribution in [3.05, 3.63) is 89.0 Å². The maximum atomic E-state index is 13.3. The van der Waals surface area contributed by atoms with Gasteiger partial charge < -0.3 is 34.9 Å². The molecule has 11 nitrogen and oxygen atoms in total. The van der Waals surface area contributed by atoms with Crippen LogP contribution in [0.3, 0.4) is 0 Å². The summed E-state index contributed by atoms with van der Waals surface area (Å²) < 4.78 is 17.0. The molecule has 0 bridgehead atoms. The highest BCUT2D eigenvalue weighted by Crippen LogP contribution is 2.29. The van der Waals surface area contributed by atoms with Gasteiger partial charge in [-0.15, -0.1) is 0 Å². The molecule has 3 aromatic rings. The quantitative estimate of drug-likeness (QED) is 0.207. The first-order valence-electron chi connectivity index (χ1n) is 12.7. The topological polar surface area (TPSA) is 155 Å². The molecule has 0 unspecified atom stereocenters. The number of ether oxygens (including phenoxy) is 3. The summed E-state index contributed by atoms with van der Waals surface area (Å²) in [4.78, 5) is 39.4. The third-order valence-electron chi connectivity index (χ3n) is 6.24. The summed E-state index contributed by atoms with van der Waals surface area (Å²) in [6.45, 7) is 3.20. The second-order valence-electron chi connectivity index (χ2n) is 9.00. The Kier molecular flexibility index (Phi) is 8.85. The first-order valence-corrected chi connectivity index (χ1v) is 12.7. The molecule has 4 N–H and O–H groups in total. The number of esters is 1. The van der Waals surface area contributed by atoms with E-state index in [-0.39, 0.29) is 44.5 Å². The molecule has 3 aromatic carbocycles. The molecule has 0 spiro atoms. The van der Waals surface area contributed by atoms with Crippen LogP contribution in [0.5, 0.6) is 17.2 Å². The first kappa shape index (κ1) is 28.0. The molecule has 1 fully saturated rings. The minimum atomic E-state index is -1.01. The van der Waals surface area contributed by atoms with Crippen LogP contribution in [-0.4, -0.2) is 71.5 Å². The third kappa shape index (κ3) is 7.07. The van der Waals surface area contributed by atoms with E-state index in [1.807, 2.05) is 0 Å². The van der Waals surface area contributed by atoms with E-state index < -0.39 is 12.1 Å². The zero-order valence-electron chi connectivity index (χ0n) is 22.0. The Morgan fingerprint density at radius 3 is 2.02 bits per heavy atom. The average molecular weight is 547 g/mol. The molecule has 1 aliphatic heterocycles. The highest BCUT2D eigenvalue weighted by molar-refractivity contribution is 5.96. The van der Waals surface area contributed by atoms with Gasteiger partial charge in [0, 0.05) is 43.4 Å². The van der Waals surface area contributed by atoms with E-state index in [2.05, 4.69) is 0 Å². The number of rotatable bonds is 9. The predicted octanol–water partition coefficient (Wildman–Crippen LogP) is 3.95. The lowest BCUT2D eigenvalue weighted by Gasteiger charge is -2.33. The Balaban J connectivity index is 1.53. The Hall–Kier alpha value is -5.06. The molecule has 4 rings (SSSR count). The van der Waals surface area contributed by atoms with Gasteiger partial charge in [0.25, 0.3) is 5.91 Å². The number of carbonyl (C=O) groups is 3. The van der Waals surface area contributed by atoms with Crippen molar-refractivity contribution in [3.63, 3.8) is 0 Å². The molecule has 11 heteroatoms. The van der Waals surface area contributed by atoms with Crippen molar-refractivity contribution < 1.29 is 33.7 Å². The van der Waals surface area contributed by atoms with Crippen LogP contribution in [0, 0.1) is 5.41 Å². The molecule has 0 aliphatic carbocycles. The van der Waals surface area contributed by atoms with Crippen LogP contribution in [0.2, 0.25) is 0 Å². The van der Waals surface area contributed by atoms with Gasteiger partial charge in [0.05, 0.1) is 12.2 Å². The molecular weight excluding hydrogens is 516 g/mol.